The summed E-state index contributed by atoms with van der Waals surface area (Å²) in [6, 6.07) is 10.2. The quantitative estimate of drug-likeness (QED) is 0.769. The van der Waals surface area contributed by atoms with Crippen LogP contribution in [0.5, 0.6) is 0 Å². The van der Waals surface area contributed by atoms with Gasteiger partial charge in [-0.1, -0.05) is 28.1 Å². The summed E-state index contributed by atoms with van der Waals surface area (Å²) < 4.78 is 14.3. The number of carbonyl (C=O) groups is 1. The molecule has 102 valence electrons. The summed E-state index contributed by atoms with van der Waals surface area (Å²) in [5.41, 5.74) is 3.26. The van der Waals surface area contributed by atoms with Gasteiger partial charge in [0.15, 0.2) is 0 Å². The lowest BCUT2D eigenvalue weighted by Crippen LogP contribution is -2.29. The molecule has 0 bridgehead atoms. The number of amides is 1. The van der Waals surface area contributed by atoms with Crippen LogP contribution in [0, 0.1) is 12.7 Å². The topological polar surface area (TPSA) is 20.3 Å². The summed E-state index contributed by atoms with van der Waals surface area (Å²) in [4.78, 5) is 14.3. The minimum Gasteiger partial charge on any atom is -0.308 e. The molecule has 0 saturated heterocycles. The molecule has 1 aliphatic rings. The van der Waals surface area contributed by atoms with Gasteiger partial charge in [0, 0.05) is 16.6 Å². The monoisotopic (exact) mass is 333 g/mol. The highest BCUT2D eigenvalue weighted by Crippen LogP contribution is 2.31. The molecule has 0 radical (unpaired) electrons. The van der Waals surface area contributed by atoms with Crippen LogP contribution < -0.4 is 4.90 Å². The van der Waals surface area contributed by atoms with E-state index in [-0.39, 0.29) is 11.7 Å². The van der Waals surface area contributed by atoms with E-state index >= 15 is 0 Å². The number of hydrogen-bond acceptors (Lipinski definition) is 1. The highest BCUT2D eigenvalue weighted by molar-refractivity contribution is 9.10. The Hall–Kier alpha value is -1.68. The Morgan fingerprint density at radius 2 is 2.10 bits per heavy atom. The van der Waals surface area contributed by atoms with Gasteiger partial charge in [-0.2, -0.15) is 0 Å². The van der Waals surface area contributed by atoms with Gasteiger partial charge in [0.05, 0.1) is 5.69 Å². The number of hydrogen-bond donors (Lipinski definition) is 0. The highest BCUT2D eigenvalue weighted by Gasteiger charge is 2.27. The molecule has 1 aliphatic heterocycles. The number of benzene rings is 2. The lowest BCUT2D eigenvalue weighted by molar-refractivity contribution is 0.0988. The molecule has 0 unspecified atom stereocenters. The normalized spacial score (nSPS) is 13.4. The van der Waals surface area contributed by atoms with Gasteiger partial charge >= 0.3 is 0 Å². The maximum atomic E-state index is 13.4. The van der Waals surface area contributed by atoms with Crippen LogP contribution in [0.4, 0.5) is 10.1 Å². The van der Waals surface area contributed by atoms with Crippen molar-refractivity contribution >= 4 is 27.5 Å². The maximum Gasteiger partial charge on any atom is 0.258 e. The molecule has 3 rings (SSSR count). The molecular formula is C16H13BrFNO. The SMILES string of the molecule is Cc1c(Br)cccc1C(=O)N1CCc2ccc(F)cc21. The van der Waals surface area contributed by atoms with Gasteiger partial charge < -0.3 is 4.90 Å². The van der Waals surface area contributed by atoms with E-state index in [2.05, 4.69) is 15.9 Å². The first-order valence-electron chi connectivity index (χ1n) is 6.43. The van der Waals surface area contributed by atoms with E-state index in [1.165, 1.54) is 12.1 Å². The lowest BCUT2D eigenvalue weighted by atomic mass is 10.1. The predicted octanol–water partition coefficient (Wildman–Crippen LogP) is 4.10. The Balaban J connectivity index is 2.02. The van der Waals surface area contributed by atoms with Crippen LogP contribution in [0.3, 0.4) is 0 Å². The van der Waals surface area contributed by atoms with Crippen LogP contribution in [0.15, 0.2) is 40.9 Å². The average Bonchev–Trinajstić information content (AvgIpc) is 2.84. The minimum atomic E-state index is -0.311. The van der Waals surface area contributed by atoms with Crippen LogP contribution in [-0.2, 0) is 6.42 Å². The fourth-order valence-corrected chi connectivity index (χ4v) is 2.91. The van der Waals surface area contributed by atoms with Gasteiger partial charge in [-0.3, -0.25) is 4.79 Å². The van der Waals surface area contributed by atoms with Crippen molar-refractivity contribution in [2.75, 3.05) is 11.4 Å². The fourth-order valence-electron chi connectivity index (χ4n) is 2.55. The van der Waals surface area contributed by atoms with Crippen LogP contribution in [-0.4, -0.2) is 12.5 Å². The van der Waals surface area contributed by atoms with Crippen molar-refractivity contribution in [1.29, 1.82) is 0 Å². The van der Waals surface area contributed by atoms with Gasteiger partial charge in [0.1, 0.15) is 5.82 Å². The molecule has 2 aromatic carbocycles. The third-order valence-electron chi connectivity index (χ3n) is 3.69. The van der Waals surface area contributed by atoms with E-state index in [4.69, 9.17) is 0 Å². The number of fused-ring (bicyclic) bond motifs is 1. The maximum absolute atomic E-state index is 13.4. The Bertz CT molecular complexity index is 699. The predicted molar refractivity (Wildman–Crippen MR) is 80.7 cm³/mol. The summed E-state index contributed by atoms with van der Waals surface area (Å²) in [7, 11) is 0. The first-order valence-corrected chi connectivity index (χ1v) is 7.22. The van der Waals surface area contributed by atoms with Gasteiger partial charge in [-0.25, -0.2) is 4.39 Å². The van der Waals surface area contributed by atoms with Crippen molar-refractivity contribution in [3.05, 3.63) is 63.4 Å². The van der Waals surface area contributed by atoms with Crippen LogP contribution >= 0.6 is 15.9 Å². The Morgan fingerprint density at radius 1 is 1.30 bits per heavy atom. The summed E-state index contributed by atoms with van der Waals surface area (Å²) in [5.74, 6) is -0.387. The summed E-state index contributed by atoms with van der Waals surface area (Å²) >= 11 is 3.44. The average molecular weight is 334 g/mol. The van der Waals surface area contributed by atoms with Crippen molar-refractivity contribution in [1.82, 2.24) is 0 Å². The van der Waals surface area contributed by atoms with Crippen molar-refractivity contribution in [3.63, 3.8) is 0 Å². The fraction of sp³-hybridized carbons (Fsp3) is 0.188. The zero-order valence-electron chi connectivity index (χ0n) is 11.0. The van der Waals surface area contributed by atoms with E-state index in [1.807, 2.05) is 19.1 Å². The molecule has 0 fully saturated rings. The van der Waals surface area contributed by atoms with E-state index < -0.39 is 0 Å². The van der Waals surface area contributed by atoms with Crippen LogP contribution in [0.1, 0.15) is 21.5 Å². The number of carbonyl (C=O) groups excluding carboxylic acids is 1. The zero-order chi connectivity index (χ0) is 14.3. The molecule has 0 aliphatic carbocycles. The molecule has 2 nitrogen and oxygen atoms in total. The Morgan fingerprint density at radius 3 is 2.90 bits per heavy atom. The van der Waals surface area contributed by atoms with Gasteiger partial charge in [0.25, 0.3) is 5.91 Å². The standard InChI is InChI=1S/C16H13BrFNO/c1-10-13(3-2-4-14(10)17)16(20)19-8-7-11-5-6-12(18)9-15(11)19/h2-6,9H,7-8H2,1H3. The zero-order valence-corrected chi connectivity index (χ0v) is 12.6. The Labute approximate surface area is 125 Å². The van der Waals surface area contributed by atoms with Crippen molar-refractivity contribution < 1.29 is 9.18 Å². The molecule has 1 heterocycles. The van der Waals surface area contributed by atoms with Gasteiger partial charge in [0.2, 0.25) is 0 Å². The van der Waals surface area contributed by atoms with E-state index in [1.54, 1.807) is 17.0 Å². The van der Waals surface area contributed by atoms with Gasteiger partial charge in [-0.15, -0.1) is 0 Å². The molecule has 1 amide bonds. The van der Waals surface area contributed by atoms with E-state index in [0.717, 1.165) is 22.0 Å². The molecule has 0 N–H and O–H groups in total. The second-order valence-corrected chi connectivity index (χ2v) is 5.75. The number of anilines is 1. The molecule has 4 heteroatoms. The minimum absolute atomic E-state index is 0.0758. The lowest BCUT2D eigenvalue weighted by Gasteiger charge is -2.19. The molecule has 0 atom stereocenters. The summed E-state index contributed by atoms with van der Waals surface area (Å²) in [5, 5.41) is 0. The first kappa shape index (κ1) is 13.3. The van der Waals surface area contributed by atoms with Crippen molar-refractivity contribution in [3.8, 4) is 0 Å². The third-order valence-corrected chi connectivity index (χ3v) is 4.55. The number of rotatable bonds is 1. The molecule has 0 saturated carbocycles. The number of nitrogens with zero attached hydrogens (tertiary/aromatic N) is 1. The Kier molecular flexibility index (Phi) is 3.34. The molecule has 2 aromatic rings. The van der Waals surface area contributed by atoms with Gasteiger partial charge in [-0.05, 0) is 48.7 Å². The second-order valence-electron chi connectivity index (χ2n) is 4.89. The van der Waals surface area contributed by atoms with Crippen LogP contribution in [0.2, 0.25) is 0 Å². The summed E-state index contributed by atoms with van der Waals surface area (Å²) in [6.07, 6.45) is 0.772. The second kappa shape index (κ2) is 5.02. The molecule has 0 spiro atoms. The van der Waals surface area contributed by atoms with Crippen molar-refractivity contribution in [2.24, 2.45) is 0 Å². The first-order chi connectivity index (χ1) is 9.58. The van der Waals surface area contributed by atoms with E-state index in [9.17, 15) is 9.18 Å². The smallest absolute Gasteiger partial charge is 0.258 e. The van der Waals surface area contributed by atoms with E-state index in [0.29, 0.717) is 17.8 Å². The molecule has 0 aromatic heterocycles. The third kappa shape index (κ3) is 2.14. The number of halogens is 2. The van der Waals surface area contributed by atoms with Crippen molar-refractivity contribution in [2.45, 2.75) is 13.3 Å². The molecule has 20 heavy (non-hydrogen) atoms. The largest absolute Gasteiger partial charge is 0.308 e. The highest BCUT2D eigenvalue weighted by atomic mass is 79.9. The molecular weight excluding hydrogens is 321 g/mol. The van der Waals surface area contributed by atoms with Crippen LogP contribution in [0.25, 0.3) is 0 Å². The summed E-state index contributed by atoms with van der Waals surface area (Å²) in [6.45, 7) is 2.50.